The fourth-order valence-electron chi connectivity index (χ4n) is 2.44. The van der Waals surface area contributed by atoms with Crippen LogP contribution in [0.5, 0.6) is 0 Å². The second kappa shape index (κ2) is 4.69. The molecule has 2 rings (SSSR count). The van der Waals surface area contributed by atoms with Crippen molar-refractivity contribution in [1.82, 2.24) is 4.90 Å². The molecule has 0 bridgehead atoms. The molecule has 0 spiro atoms. The van der Waals surface area contributed by atoms with Crippen LogP contribution in [0.3, 0.4) is 0 Å². The van der Waals surface area contributed by atoms with Crippen LogP contribution in [0.25, 0.3) is 0 Å². The molecule has 1 aliphatic carbocycles. The van der Waals surface area contributed by atoms with E-state index in [9.17, 15) is 9.90 Å². The van der Waals surface area contributed by atoms with Gasteiger partial charge in [0.15, 0.2) is 0 Å². The molecule has 92 valence electrons. The number of nitrogens with two attached hydrogens (primary N) is 1. The van der Waals surface area contributed by atoms with Gasteiger partial charge in [-0.15, -0.1) is 0 Å². The summed E-state index contributed by atoms with van der Waals surface area (Å²) in [6, 6.07) is -0.165. The fourth-order valence-corrected chi connectivity index (χ4v) is 2.44. The van der Waals surface area contributed by atoms with E-state index >= 15 is 0 Å². The Labute approximate surface area is 95.5 Å². The Morgan fingerprint density at radius 3 is 2.69 bits per heavy atom. The molecule has 0 aromatic heterocycles. The van der Waals surface area contributed by atoms with Gasteiger partial charge in [0.2, 0.25) is 5.91 Å². The van der Waals surface area contributed by atoms with Crippen molar-refractivity contribution >= 4 is 5.91 Å². The summed E-state index contributed by atoms with van der Waals surface area (Å²) in [5.41, 5.74) is 5.80. The van der Waals surface area contributed by atoms with Crippen LogP contribution >= 0.6 is 0 Å². The first-order valence-corrected chi connectivity index (χ1v) is 5.84. The largest absolute Gasteiger partial charge is 0.393 e. The standard InChI is InChI=1S/C11H20N2O3/c1-13(4-7-2-8(14)3-7)11(15)9-5-16-6-10(9)12/h7-10,14H,2-6,12H2,1H3. The highest BCUT2D eigenvalue weighted by atomic mass is 16.5. The number of carbonyl (C=O) groups is 1. The van der Waals surface area contributed by atoms with Crippen LogP contribution in [0.2, 0.25) is 0 Å². The quantitative estimate of drug-likeness (QED) is 0.662. The summed E-state index contributed by atoms with van der Waals surface area (Å²) in [6.45, 7) is 1.64. The lowest BCUT2D eigenvalue weighted by molar-refractivity contribution is -0.136. The maximum atomic E-state index is 12.0. The van der Waals surface area contributed by atoms with Crippen molar-refractivity contribution in [3.05, 3.63) is 0 Å². The predicted octanol–water partition coefficient (Wildman–Crippen LogP) is -0.811. The summed E-state index contributed by atoms with van der Waals surface area (Å²) in [4.78, 5) is 13.7. The third-order valence-corrected chi connectivity index (χ3v) is 3.56. The van der Waals surface area contributed by atoms with Gasteiger partial charge in [-0.25, -0.2) is 0 Å². The Kier molecular flexibility index (Phi) is 3.47. The van der Waals surface area contributed by atoms with Crippen molar-refractivity contribution in [3.8, 4) is 0 Å². The lowest BCUT2D eigenvalue weighted by atomic mass is 9.82. The van der Waals surface area contributed by atoms with Crippen LogP contribution in [0.15, 0.2) is 0 Å². The predicted molar refractivity (Wildman–Crippen MR) is 58.7 cm³/mol. The third kappa shape index (κ3) is 2.36. The maximum Gasteiger partial charge on any atom is 0.229 e. The van der Waals surface area contributed by atoms with E-state index in [2.05, 4.69) is 0 Å². The van der Waals surface area contributed by atoms with Crippen LogP contribution < -0.4 is 5.73 Å². The van der Waals surface area contributed by atoms with Crippen LogP contribution in [0.4, 0.5) is 0 Å². The molecular formula is C11H20N2O3. The lowest BCUT2D eigenvalue weighted by Gasteiger charge is -2.35. The zero-order valence-corrected chi connectivity index (χ0v) is 9.63. The van der Waals surface area contributed by atoms with Crippen molar-refractivity contribution in [2.75, 3.05) is 26.8 Å². The lowest BCUT2D eigenvalue weighted by Crippen LogP contribution is -2.45. The van der Waals surface area contributed by atoms with Crippen LogP contribution in [0.1, 0.15) is 12.8 Å². The molecule has 2 atom stereocenters. The van der Waals surface area contributed by atoms with Gasteiger partial charge in [0.05, 0.1) is 25.2 Å². The highest BCUT2D eigenvalue weighted by Crippen LogP contribution is 2.28. The number of nitrogens with zero attached hydrogens (tertiary/aromatic N) is 1. The van der Waals surface area contributed by atoms with E-state index in [-0.39, 0.29) is 24.0 Å². The number of carbonyl (C=O) groups excluding carboxylic acids is 1. The number of hydrogen-bond acceptors (Lipinski definition) is 4. The molecule has 1 saturated carbocycles. The molecule has 1 aliphatic heterocycles. The molecule has 1 amide bonds. The monoisotopic (exact) mass is 228 g/mol. The third-order valence-electron chi connectivity index (χ3n) is 3.56. The fraction of sp³-hybridized carbons (Fsp3) is 0.909. The van der Waals surface area contributed by atoms with Crippen LogP contribution in [-0.2, 0) is 9.53 Å². The molecule has 2 aliphatic rings. The zero-order valence-electron chi connectivity index (χ0n) is 9.63. The molecule has 5 nitrogen and oxygen atoms in total. The van der Waals surface area contributed by atoms with Crippen molar-refractivity contribution in [1.29, 1.82) is 0 Å². The summed E-state index contributed by atoms with van der Waals surface area (Å²) >= 11 is 0. The van der Waals surface area contributed by atoms with Gasteiger partial charge in [0.1, 0.15) is 0 Å². The number of ether oxygens (including phenoxy) is 1. The van der Waals surface area contributed by atoms with Crippen LogP contribution in [-0.4, -0.2) is 54.9 Å². The van der Waals surface area contributed by atoms with Gasteiger partial charge in [-0.3, -0.25) is 4.79 Å². The van der Waals surface area contributed by atoms with Crippen molar-refractivity contribution < 1.29 is 14.6 Å². The van der Waals surface area contributed by atoms with Crippen LogP contribution in [0, 0.1) is 11.8 Å². The minimum Gasteiger partial charge on any atom is -0.393 e. The summed E-state index contributed by atoms with van der Waals surface area (Å²) in [5.74, 6) is 0.337. The number of aliphatic hydroxyl groups excluding tert-OH is 1. The molecular weight excluding hydrogens is 208 g/mol. The van der Waals surface area contributed by atoms with E-state index in [1.807, 2.05) is 0 Å². The molecule has 1 saturated heterocycles. The Hall–Kier alpha value is -0.650. The average Bonchev–Trinajstić information content (AvgIpc) is 2.61. The van der Waals surface area contributed by atoms with Gasteiger partial charge in [-0.05, 0) is 18.8 Å². The Morgan fingerprint density at radius 2 is 2.19 bits per heavy atom. The minimum atomic E-state index is -0.185. The second-order valence-corrected chi connectivity index (χ2v) is 5.02. The Bertz CT molecular complexity index is 266. The van der Waals surface area contributed by atoms with Crippen molar-refractivity contribution in [2.45, 2.75) is 25.0 Å². The van der Waals surface area contributed by atoms with Gasteiger partial charge < -0.3 is 20.5 Å². The molecule has 16 heavy (non-hydrogen) atoms. The number of hydrogen-bond donors (Lipinski definition) is 2. The van der Waals surface area contributed by atoms with E-state index in [0.717, 1.165) is 19.4 Å². The van der Waals surface area contributed by atoms with Gasteiger partial charge >= 0.3 is 0 Å². The minimum absolute atomic E-state index is 0.0754. The number of aliphatic hydroxyl groups is 1. The molecule has 0 radical (unpaired) electrons. The summed E-state index contributed by atoms with van der Waals surface area (Å²) in [6.07, 6.45) is 1.46. The number of amides is 1. The maximum absolute atomic E-state index is 12.0. The first kappa shape index (κ1) is 11.8. The van der Waals surface area contributed by atoms with E-state index in [4.69, 9.17) is 10.5 Å². The normalized spacial score (nSPS) is 38.2. The van der Waals surface area contributed by atoms with E-state index < -0.39 is 0 Å². The van der Waals surface area contributed by atoms with Gasteiger partial charge in [-0.1, -0.05) is 0 Å². The van der Waals surface area contributed by atoms with Gasteiger partial charge in [0.25, 0.3) is 0 Å². The SMILES string of the molecule is CN(CC1CC(O)C1)C(=O)C1COCC1N. The van der Waals surface area contributed by atoms with E-state index in [0.29, 0.717) is 19.1 Å². The molecule has 5 heteroatoms. The highest BCUT2D eigenvalue weighted by Gasteiger charge is 2.35. The molecule has 2 fully saturated rings. The van der Waals surface area contributed by atoms with E-state index in [1.165, 1.54) is 0 Å². The first-order valence-electron chi connectivity index (χ1n) is 5.84. The number of rotatable bonds is 3. The van der Waals surface area contributed by atoms with Gasteiger partial charge in [-0.2, -0.15) is 0 Å². The second-order valence-electron chi connectivity index (χ2n) is 5.02. The molecule has 3 N–H and O–H groups in total. The smallest absolute Gasteiger partial charge is 0.229 e. The van der Waals surface area contributed by atoms with E-state index in [1.54, 1.807) is 11.9 Å². The Morgan fingerprint density at radius 1 is 1.50 bits per heavy atom. The zero-order chi connectivity index (χ0) is 11.7. The molecule has 0 aromatic rings. The van der Waals surface area contributed by atoms with Crippen molar-refractivity contribution in [3.63, 3.8) is 0 Å². The summed E-state index contributed by atoms with van der Waals surface area (Å²) < 4.78 is 5.19. The Balaban J connectivity index is 1.80. The van der Waals surface area contributed by atoms with Gasteiger partial charge in [0, 0.05) is 19.6 Å². The summed E-state index contributed by atoms with van der Waals surface area (Å²) in [5, 5.41) is 9.18. The highest BCUT2D eigenvalue weighted by molar-refractivity contribution is 5.79. The molecule has 1 heterocycles. The average molecular weight is 228 g/mol. The molecule has 0 aromatic carbocycles. The first-order chi connectivity index (χ1) is 7.58. The summed E-state index contributed by atoms with van der Waals surface area (Å²) in [7, 11) is 1.80. The van der Waals surface area contributed by atoms with Crippen molar-refractivity contribution in [2.24, 2.45) is 17.6 Å². The molecule has 2 unspecified atom stereocenters. The topological polar surface area (TPSA) is 75.8 Å².